The van der Waals surface area contributed by atoms with Crippen LogP contribution >= 0.6 is 11.3 Å². The fraction of sp³-hybridized carbons (Fsp3) is 0.412. The lowest BCUT2D eigenvalue weighted by Crippen LogP contribution is -2.46. The molecule has 1 saturated heterocycles. The molecule has 1 aromatic carbocycles. The average molecular weight is 351 g/mol. The Kier molecular flexibility index (Phi) is 4.56. The van der Waals surface area contributed by atoms with Crippen LogP contribution in [0.25, 0.3) is 10.1 Å². The lowest BCUT2D eigenvalue weighted by molar-refractivity contribution is -0.154. The fourth-order valence-electron chi connectivity index (χ4n) is 3.03. The van der Waals surface area contributed by atoms with Gasteiger partial charge < -0.3 is 15.2 Å². The number of hydrogen-bond donors (Lipinski definition) is 2. The summed E-state index contributed by atoms with van der Waals surface area (Å²) in [6, 6.07) is 4.74. The molecule has 2 N–H and O–H groups in total. The van der Waals surface area contributed by atoms with Gasteiger partial charge in [0.25, 0.3) is 5.91 Å². The third-order valence-corrected chi connectivity index (χ3v) is 5.86. The maximum absolute atomic E-state index is 14.0. The molecule has 0 atom stereocenters. The number of thiophene rings is 1. The molecule has 0 aliphatic carbocycles. The number of nitrogens with one attached hydrogen (secondary N) is 1. The van der Waals surface area contributed by atoms with Crippen LogP contribution in [0.5, 0.6) is 0 Å². The fourth-order valence-corrected chi connectivity index (χ4v) is 4.17. The number of aryl methyl sites for hydroxylation is 1. The molecule has 128 valence electrons. The lowest BCUT2D eigenvalue weighted by Gasteiger charge is -2.33. The number of ether oxygens (including phenoxy) is 1. The van der Waals surface area contributed by atoms with E-state index in [1.54, 1.807) is 19.1 Å². The van der Waals surface area contributed by atoms with Crippen LogP contribution in [-0.2, 0) is 9.53 Å². The molecule has 0 unspecified atom stereocenters. The Balaban J connectivity index is 1.81. The predicted octanol–water partition coefficient (Wildman–Crippen LogP) is 2.96. The number of benzene rings is 1. The summed E-state index contributed by atoms with van der Waals surface area (Å²) in [7, 11) is 0. The molecule has 1 fully saturated rings. The molecule has 0 spiro atoms. The Morgan fingerprint density at radius 2 is 2.08 bits per heavy atom. The second kappa shape index (κ2) is 6.49. The summed E-state index contributed by atoms with van der Waals surface area (Å²) in [6.07, 6.45) is 0.727. The van der Waals surface area contributed by atoms with Crippen molar-refractivity contribution in [2.45, 2.75) is 19.8 Å². The van der Waals surface area contributed by atoms with Crippen molar-refractivity contribution in [3.05, 3.63) is 34.5 Å². The summed E-state index contributed by atoms with van der Waals surface area (Å²) in [5.74, 6) is -1.64. The monoisotopic (exact) mass is 351 g/mol. The Hall–Kier alpha value is -1.99. The highest BCUT2D eigenvalue weighted by molar-refractivity contribution is 7.21. The van der Waals surface area contributed by atoms with Gasteiger partial charge in [-0.3, -0.25) is 9.59 Å². The van der Waals surface area contributed by atoms with Gasteiger partial charge in [0.1, 0.15) is 5.82 Å². The second-order valence-corrected chi connectivity index (χ2v) is 7.10. The van der Waals surface area contributed by atoms with Crippen LogP contribution in [0.2, 0.25) is 0 Å². The van der Waals surface area contributed by atoms with E-state index in [0.717, 1.165) is 0 Å². The van der Waals surface area contributed by atoms with Gasteiger partial charge in [0, 0.05) is 29.8 Å². The van der Waals surface area contributed by atoms with Gasteiger partial charge in [0.15, 0.2) is 0 Å². The minimum atomic E-state index is -0.996. The first-order valence-corrected chi connectivity index (χ1v) is 8.53. The topological polar surface area (TPSA) is 75.6 Å². The largest absolute Gasteiger partial charge is 0.481 e. The van der Waals surface area contributed by atoms with Gasteiger partial charge in [-0.2, -0.15) is 0 Å². The quantitative estimate of drug-likeness (QED) is 0.888. The Morgan fingerprint density at radius 1 is 1.38 bits per heavy atom. The van der Waals surface area contributed by atoms with E-state index >= 15 is 0 Å². The standard InChI is InChI=1S/C17H18FNO4S/c1-10-13-11(18)3-2-4-12(13)24-14(10)15(20)19-9-17(16(21)22)5-7-23-8-6-17/h2-4H,5-9H2,1H3,(H,19,20)(H,21,22). The van der Waals surface area contributed by atoms with Gasteiger partial charge in [-0.25, -0.2) is 4.39 Å². The summed E-state index contributed by atoms with van der Waals surface area (Å²) in [6.45, 7) is 2.49. The minimum Gasteiger partial charge on any atom is -0.481 e. The normalized spacial score (nSPS) is 16.9. The molecule has 3 rings (SSSR count). The molecular weight excluding hydrogens is 333 g/mol. The Bertz CT molecular complexity index is 795. The number of aliphatic carboxylic acids is 1. The van der Waals surface area contributed by atoms with E-state index in [4.69, 9.17) is 4.74 Å². The predicted molar refractivity (Wildman–Crippen MR) is 89.0 cm³/mol. The van der Waals surface area contributed by atoms with E-state index in [1.165, 1.54) is 17.4 Å². The first-order valence-electron chi connectivity index (χ1n) is 7.71. The molecule has 2 heterocycles. The van der Waals surface area contributed by atoms with E-state index in [1.807, 2.05) is 0 Å². The van der Waals surface area contributed by atoms with Crippen LogP contribution < -0.4 is 5.32 Å². The molecule has 24 heavy (non-hydrogen) atoms. The van der Waals surface area contributed by atoms with Gasteiger partial charge in [-0.05, 0) is 37.5 Å². The number of fused-ring (bicyclic) bond motifs is 1. The summed E-state index contributed by atoms with van der Waals surface area (Å²) < 4.78 is 19.9. The first kappa shape index (κ1) is 16.9. The number of amides is 1. The molecule has 1 aromatic heterocycles. The van der Waals surface area contributed by atoms with Gasteiger partial charge in [0.05, 0.1) is 10.3 Å². The van der Waals surface area contributed by atoms with E-state index in [-0.39, 0.29) is 18.3 Å². The summed E-state index contributed by atoms with van der Waals surface area (Å²) >= 11 is 1.22. The number of carbonyl (C=O) groups is 2. The van der Waals surface area contributed by atoms with Crippen LogP contribution in [0.4, 0.5) is 4.39 Å². The number of hydrogen-bond acceptors (Lipinski definition) is 4. The van der Waals surface area contributed by atoms with Crippen LogP contribution in [0.3, 0.4) is 0 Å². The third-order valence-electron chi connectivity index (χ3n) is 4.60. The van der Waals surface area contributed by atoms with Crippen molar-refractivity contribution in [3.8, 4) is 0 Å². The molecule has 2 aromatic rings. The maximum atomic E-state index is 14.0. The molecule has 1 aliphatic rings. The van der Waals surface area contributed by atoms with Gasteiger partial charge in [-0.1, -0.05) is 6.07 Å². The summed E-state index contributed by atoms with van der Waals surface area (Å²) in [5.41, 5.74) is -0.411. The average Bonchev–Trinajstić information content (AvgIpc) is 2.91. The molecule has 5 nitrogen and oxygen atoms in total. The van der Waals surface area contributed by atoms with Crippen molar-refractivity contribution >= 4 is 33.3 Å². The Morgan fingerprint density at radius 3 is 2.71 bits per heavy atom. The highest BCUT2D eigenvalue weighted by atomic mass is 32.1. The number of carbonyl (C=O) groups excluding carboxylic acids is 1. The number of rotatable bonds is 4. The summed E-state index contributed by atoms with van der Waals surface area (Å²) in [4.78, 5) is 24.5. The molecule has 7 heteroatoms. The third kappa shape index (κ3) is 2.89. The van der Waals surface area contributed by atoms with Crippen molar-refractivity contribution in [1.82, 2.24) is 5.32 Å². The van der Waals surface area contributed by atoms with Crippen molar-refractivity contribution < 1.29 is 23.8 Å². The highest BCUT2D eigenvalue weighted by Crippen LogP contribution is 2.33. The van der Waals surface area contributed by atoms with Crippen molar-refractivity contribution in [2.24, 2.45) is 5.41 Å². The van der Waals surface area contributed by atoms with Gasteiger partial charge >= 0.3 is 5.97 Å². The molecule has 1 aliphatic heterocycles. The number of carboxylic acids is 1. The lowest BCUT2D eigenvalue weighted by atomic mass is 9.80. The van der Waals surface area contributed by atoms with E-state index in [9.17, 15) is 19.1 Å². The van der Waals surface area contributed by atoms with Crippen molar-refractivity contribution in [3.63, 3.8) is 0 Å². The zero-order valence-corrected chi connectivity index (χ0v) is 14.0. The highest BCUT2D eigenvalue weighted by Gasteiger charge is 2.40. The molecule has 0 radical (unpaired) electrons. The van der Waals surface area contributed by atoms with E-state index in [2.05, 4.69) is 5.32 Å². The van der Waals surface area contributed by atoms with Crippen LogP contribution in [0.15, 0.2) is 18.2 Å². The number of halogens is 1. The maximum Gasteiger partial charge on any atom is 0.311 e. The van der Waals surface area contributed by atoms with Crippen molar-refractivity contribution in [1.29, 1.82) is 0 Å². The molecular formula is C17H18FNO4S. The van der Waals surface area contributed by atoms with Crippen LogP contribution in [0, 0.1) is 18.2 Å². The minimum absolute atomic E-state index is 0.0424. The molecule has 0 saturated carbocycles. The zero-order valence-electron chi connectivity index (χ0n) is 13.2. The summed E-state index contributed by atoms with van der Waals surface area (Å²) in [5, 5.41) is 12.7. The second-order valence-electron chi connectivity index (χ2n) is 6.05. The number of carboxylic acid groups (broad SMARTS) is 1. The van der Waals surface area contributed by atoms with E-state index in [0.29, 0.717) is 46.6 Å². The van der Waals surface area contributed by atoms with E-state index < -0.39 is 11.4 Å². The first-order chi connectivity index (χ1) is 11.4. The molecule has 0 bridgehead atoms. The zero-order chi connectivity index (χ0) is 17.3. The smallest absolute Gasteiger partial charge is 0.311 e. The van der Waals surface area contributed by atoms with Gasteiger partial charge in [0.2, 0.25) is 0 Å². The Labute approximate surface area is 142 Å². The van der Waals surface area contributed by atoms with Crippen LogP contribution in [0.1, 0.15) is 28.1 Å². The SMILES string of the molecule is Cc1c(C(=O)NCC2(C(=O)O)CCOCC2)sc2cccc(F)c12. The van der Waals surface area contributed by atoms with Gasteiger partial charge in [-0.15, -0.1) is 11.3 Å². The van der Waals surface area contributed by atoms with Crippen molar-refractivity contribution in [2.75, 3.05) is 19.8 Å². The van der Waals surface area contributed by atoms with Crippen LogP contribution in [-0.4, -0.2) is 36.7 Å². The molecule has 1 amide bonds.